The highest BCUT2D eigenvalue weighted by Gasteiger charge is 2.24. The number of benzene rings is 22. The number of halogens is 12. The third kappa shape index (κ3) is 17.8. The summed E-state index contributed by atoms with van der Waals surface area (Å²) in [5, 5.41) is 28.1. The molecule has 0 saturated heterocycles. The maximum atomic E-state index is 6.59. The zero-order valence-electron chi connectivity index (χ0n) is 74.2. The Balaban J connectivity index is 0.0000000951. The van der Waals surface area contributed by atoms with Crippen LogP contribution in [0, 0.1) is 0 Å². The second-order valence-corrected chi connectivity index (χ2v) is 43.8. The lowest BCUT2D eigenvalue weighted by atomic mass is 9.91. The van der Waals surface area contributed by atoms with Gasteiger partial charge in [0.2, 0.25) is 0 Å². The number of rotatable bonds is 6. The van der Waals surface area contributed by atoms with E-state index in [0.29, 0.717) is 0 Å². The molecule has 142 heavy (non-hydrogen) atoms. The summed E-state index contributed by atoms with van der Waals surface area (Å²) < 4.78 is 35.9. The minimum Gasteiger partial charge on any atom is -0.456 e. The zero-order valence-corrected chi connectivity index (χ0v) is 89.9. The second kappa shape index (κ2) is 40.0. The van der Waals surface area contributed by atoms with Gasteiger partial charge in [-0.3, -0.25) is 0 Å². The number of furan rings is 4. The maximum absolute atomic E-state index is 6.59. The molecule has 0 N–H and O–H groups in total. The predicted octanol–water partition coefficient (Wildman–Crippen LogP) is 45.6. The molecule has 0 saturated carbocycles. The molecule has 0 unspecified atom stereocenters. The Hall–Kier alpha value is -11.9. The Bertz CT molecular complexity index is 9860. The largest absolute Gasteiger partial charge is 0.456 e. The van der Waals surface area contributed by atoms with E-state index in [1.807, 2.05) is 217 Å². The van der Waals surface area contributed by atoms with E-state index in [4.69, 9.17) is 87.3 Å². The second-order valence-electron chi connectivity index (χ2n) is 34.1. The van der Waals surface area contributed by atoms with Gasteiger partial charge in [0.25, 0.3) is 0 Å². The Morgan fingerprint density at radius 2 is 0.592 bits per heavy atom. The van der Waals surface area contributed by atoms with Gasteiger partial charge < -0.3 is 17.7 Å². The topological polar surface area (TPSA) is 52.6 Å². The van der Waals surface area contributed by atoms with Gasteiger partial charge >= 0.3 is 0 Å². The number of thiophene rings is 2. The van der Waals surface area contributed by atoms with Crippen molar-refractivity contribution in [1.82, 2.24) is 0 Å². The van der Waals surface area contributed by atoms with Crippen molar-refractivity contribution in [2.24, 2.45) is 0 Å². The summed E-state index contributed by atoms with van der Waals surface area (Å²) in [6, 6.07) is 140. The fraction of sp³-hybridized carbons (Fsp3) is 0. The summed E-state index contributed by atoms with van der Waals surface area (Å²) in [7, 11) is 0. The molecule has 0 aliphatic rings. The van der Waals surface area contributed by atoms with Gasteiger partial charge in [-0.25, -0.2) is 0 Å². The summed E-state index contributed by atoms with van der Waals surface area (Å²) in [6.45, 7) is 0. The summed E-state index contributed by atoms with van der Waals surface area (Å²) in [6.07, 6.45) is 0. The molecule has 0 aliphatic heterocycles. The number of para-hydroxylation sites is 2. The van der Waals surface area contributed by atoms with Crippen LogP contribution in [0.5, 0.6) is 0 Å². The SMILES string of the molecule is Clc1ccc(-c2ccc3c(c2)oc2cccc(Br)c23)cc1.Clc1ccc2c(-c3cccc4sc5cccc(Br)c5c34)cccc2c1.Clc1ccc2cccc(-c3cccc4c3oc3cccc(Br)c34)c2c1.Clc1cccc(-c2cccc3c2oc2cccc(Br)c23)c1.Clc1cccc2sc3c(-c4c5ccccc5c(Br)c5ccccc45)cccc3c12.Clc1ccccc1-c1ccc2c(c1)oc1cccc(Br)c12. The van der Waals surface area contributed by atoms with Crippen molar-refractivity contribution < 1.29 is 17.7 Å². The first kappa shape index (κ1) is 93.8. The zero-order chi connectivity index (χ0) is 96.7. The highest BCUT2D eigenvalue weighted by molar-refractivity contribution is 9.11. The van der Waals surface area contributed by atoms with Gasteiger partial charge in [-0.05, 0) is 261 Å². The summed E-state index contributed by atoms with van der Waals surface area (Å²) >= 11 is 63.1. The lowest BCUT2D eigenvalue weighted by molar-refractivity contribution is 0.668. The average Bonchev–Trinajstić information content (AvgIpc) is 1.34. The van der Waals surface area contributed by atoms with Gasteiger partial charge in [0.1, 0.15) is 44.7 Å². The van der Waals surface area contributed by atoms with E-state index in [2.05, 4.69) is 314 Å². The molecule has 0 aliphatic carbocycles. The summed E-state index contributed by atoms with van der Waals surface area (Å²) in [5.41, 5.74) is 20.8. The first-order valence-corrected chi connectivity index (χ1v) is 53.9. The van der Waals surface area contributed by atoms with E-state index in [1.54, 1.807) is 0 Å². The normalized spacial score (nSPS) is 11.5. The molecule has 28 rings (SSSR count). The quantitative estimate of drug-likeness (QED) is 0.156. The number of hydrogen-bond donors (Lipinski definition) is 0. The van der Waals surface area contributed by atoms with Crippen molar-refractivity contribution in [3.05, 3.63) is 469 Å². The van der Waals surface area contributed by atoms with E-state index in [-0.39, 0.29) is 0 Å². The summed E-state index contributed by atoms with van der Waals surface area (Å²) in [5.74, 6) is 0. The van der Waals surface area contributed by atoms with Crippen LogP contribution in [0.2, 0.25) is 30.1 Å². The van der Waals surface area contributed by atoms with Gasteiger partial charge in [0.05, 0.1) is 0 Å². The Morgan fingerprint density at radius 1 is 0.190 bits per heavy atom. The van der Waals surface area contributed by atoms with Gasteiger partial charge in [0.15, 0.2) is 0 Å². The smallest absolute Gasteiger partial charge is 0.143 e. The number of hydrogen-bond acceptors (Lipinski definition) is 6. The molecule has 4 nitrogen and oxygen atoms in total. The van der Waals surface area contributed by atoms with Crippen LogP contribution in [0.4, 0.5) is 0 Å². The maximum Gasteiger partial charge on any atom is 0.143 e. The van der Waals surface area contributed by atoms with Crippen molar-refractivity contribution in [2.75, 3.05) is 0 Å². The fourth-order valence-corrected chi connectivity index (χ4v) is 26.6. The molecular formula is C124H68Br6Cl6O4S2. The van der Waals surface area contributed by atoms with Crippen molar-refractivity contribution in [3.63, 3.8) is 0 Å². The molecule has 22 aromatic carbocycles. The molecule has 0 bridgehead atoms. The molecule has 6 aromatic heterocycles. The highest BCUT2D eigenvalue weighted by Crippen LogP contribution is 2.52. The molecule has 0 atom stereocenters. The minimum absolute atomic E-state index is 0.724. The van der Waals surface area contributed by atoms with E-state index in [1.165, 1.54) is 89.5 Å². The summed E-state index contributed by atoms with van der Waals surface area (Å²) in [4.78, 5) is 0. The molecule has 0 amide bonds. The van der Waals surface area contributed by atoms with E-state index >= 15 is 0 Å². The molecule has 28 aromatic rings. The first-order valence-electron chi connectivity index (χ1n) is 45.2. The monoisotopic (exact) mass is 2370 g/mol. The van der Waals surface area contributed by atoms with Crippen molar-refractivity contribution in [1.29, 1.82) is 0 Å². The van der Waals surface area contributed by atoms with E-state index in [0.717, 1.165) is 205 Å². The van der Waals surface area contributed by atoms with Crippen LogP contribution in [0.15, 0.2) is 457 Å². The molecule has 0 spiro atoms. The van der Waals surface area contributed by atoms with E-state index in [9.17, 15) is 0 Å². The highest BCUT2D eigenvalue weighted by atomic mass is 79.9. The van der Waals surface area contributed by atoms with Gasteiger partial charge in [-0.2, -0.15) is 0 Å². The molecule has 684 valence electrons. The Morgan fingerprint density at radius 3 is 1.22 bits per heavy atom. The molecule has 0 fully saturated rings. The van der Waals surface area contributed by atoms with Crippen molar-refractivity contribution >= 4 is 359 Å². The predicted molar refractivity (Wildman–Crippen MR) is 632 cm³/mol. The Labute approximate surface area is 902 Å². The Kier molecular flexibility index (Phi) is 26.4. The first-order chi connectivity index (χ1) is 69.4. The lowest BCUT2D eigenvalue weighted by Crippen LogP contribution is -1.87. The molecule has 0 radical (unpaired) electrons. The fourth-order valence-electron chi connectivity index (χ4n) is 19.3. The average molecular weight is 2380 g/mol. The lowest BCUT2D eigenvalue weighted by Gasteiger charge is -2.15. The van der Waals surface area contributed by atoms with Gasteiger partial charge in [-0.15, -0.1) is 22.7 Å². The standard InChI is InChI=1S/C26H14BrClS.C22H12BrClO.C22H12BrClS.3C18H10BrClO/c27-25-17-9-3-1-7-15(17)23(16-8-2-4-10-18(16)25)19-11-5-12-20-24-21(28)13-6-14-22(24)29-26(19)20;23-19-8-3-9-20-21(19)17-7-2-6-16(22(17)25-20)15-5-1-4-13-10-11-14(24)12-18(13)15;23-18-7-3-9-20-22(18)21-17(6-2-8-19(21)25-20)16-5-1-4-13-12-14(24)10-11-15(13)16;19-15-8-3-9-16-17(15)14-7-2-6-13(18(14)21-16)11-4-1-5-12(20)10-11;19-14-5-3-7-16-18(14)13-9-8-11(10-17(13)21-16)12-4-1-2-6-15(12)20;19-15-2-1-3-16-18(15)14-9-6-12(10-17(14)21-16)11-4-7-13(20)8-5-11/h1-14H;2*1-12H;3*1-10H. The number of fused-ring (bicyclic) bond motifs is 22. The third-order valence-corrected chi connectivity index (χ3v) is 33.8. The minimum atomic E-state index is 0.724. The molecule has 18 heteroatoms. The van der Waals surface area contributed by atoms with E-state index < -0.39 is 0 Å². The van der Waals surface area contributed by atoms with Crippen LogP contribution in [-0.4, -0.2) is 0 Å². The van der Waals surface area contributed by atoms with Crippen LogP contribution in [0.1, 0.15) is 0 Å². The molecule has 6 heterocycles. The van der Waals surface area contributed by atoms with Crippen LogP contribution >= 0.6 is 188 Å². The van der Waals surface area contributed by atoms with Crippen molar-refractivity contribution in [2.45, 2.75) is 0 Å². The molecular weight excluding hydrogens is 2310 g/mol. The van der Waals surface area contributed by atoms with Gasteiger partial charge in [-0.1, -0.05) is 404 Å². The van der Waals surface area contributed by atoms with Crippen molar-refractivity contribution in [3.8, 4) is 66.8 Å². The van der Waals surface area contributed by atoms with Crippen LogP contribution < -0.4 is 0 Å². The third-order valence-electron chi connectivity index (χ3n) is 25.7. The van der Waals surface area contributed by atoms with Crippen LogP contribution in [0.25, 0.3) is 238 Å². The van der Waals surface area contributed by atoms with Crippen LogP contribution in [-0.2, 0) is 0 Å². The van der Waals surface area contributed by atoms with Gasteiger partial charge in [0, 0.05) is 163 Å². The van der Waals surface area contributed by atoms with Crippen LogP contribution in [0.3, 0.4) is 0 Å².